The minimum atomic E-state index is -0.193. The van der Waals surface area contributed by atoms with Crippen LogP contribution in [0.3, 0.4) is 0 Å². The number of hydrogen-bond donors (Lipinski definition) is 2. The standard InChI is InChI=1S/C18H26N4O3/c1-3-25-13-11-21-18(19-2)20-10-6-7-12-22-16(23)14-8-4-5-9-15(14)17(22)24/h4-5,8-9H,3,6-7,10-13H2,1-2H3,(H2,19,20,21). The van der Waals surface area contributed by atoms with Gasteiger partial charge in [0.15, 0.2) is 5.96 Å². The monoisotopic (exact) mass is 346 g/mol. The zero-order chi connectivity index (χ0) is 18.1. The van der Waals surface area contributed by atoms with Crippen LogP contribution in [-0.2, 0) is 4.74 Å². The lowest BCUT2D eigenvalue weighted by Crippen LogP contribution is -2.39. The molecule has 0 radical (unpaired) electrons. The van der Waals surface area contributed by atoms with Crippen molar-refractivity contribution in [1.29, 1.82) is 0 Å². The molecule has 136 valence electrons. The number of nitrogens with one attached hydrogen (secondary N) is 2. The normalized spacial score (nSPS) is 14.0. The van der Waals surface area contributed by atoms with Gasteiger partial charge in [-0.15, -0.1) is 0 Å². The summed E-state index contributed by atoms with van der Waals surface area (Å²) in [7, 11) is 1.72. The van der Waals surface area contributed by atoms with Crippen LogP contribution in [0.2, 0.25) is 0 Å². The number of hydrogen-bond acceptors (Lipinski definition) is 4. The van der Waals surface area contributed by atoms with Crippen molar-refractivity contribution in [1.82, 2.24) is 15.5 Å². The van der Waals surface area contributed by atoms with E-state index >= 15 is 0 Å². The Hall–Kier alpha value is -2.41. The van der Waals surface area contributed by atoms with E-state index in [0.717, 1.165) is 25.3 Å². The summed E-state index contributed by atoms with van der Waals surface area (Å²) in [5, 5.41) is 6.36. The fourth-order valence-electron chi connectivity index (χ4n) is 2.65. The summed E-state index contributed by atoms with van der Waals surface area (Å²) >= 11 is 0. The maximum absolute atomic E-state index is 12.2. The van der Waals surface area contributed by atoms with Crippen LogP contribution in [0, 0.1) is 0 Å². The summed E-state index contributed by atoms with van der Waals surface area (Å²) in [6, 6.07) is 6.97. The molecular formula is C18H26N4O3. The summed E-state index contributed by atoms with van der Waals surface area (Å²) in [6.07, 6.45) is 1.58. The lowest BCUT2D eigenvalue weighted by Gasteiger charge is -2.14. The molecule has 1 aromatic rings. The number of imide groups is 1. The van der Waals surface area contributed by atoms with E-state index in [9.17, 15) is 9.59 Å². The number of guanidine groups is 1. The van der Waals surface area contributed by atoms with Gasteiger partial charge in [-0.25, -0.2) is 0 Å². The lowest BCUT2D eigenvalue weighted by atomic mass is 10.1. The van der Waals surface area contributed by atoms with Gasteiger partial charge in [0, 0.05) is 33.3 Å². The Morgan fingerprint density at radius 3 is 2.32 bits per heavy atom. The number of ether oxygens (including phenoxy) is 1. The first-order chi connectivity index (χ1) is 12.2. The highest BCUT2D eigenvalue weighted by Crippen LogP contribution is 2.22. The van der Waals surface area contributed by atoms with Crippen molar-refractivity contribution in [2.24, 2.45) is 4.99 Å². The molecule has 2 rings (SSSR count). The molecule has 1 heterocycles. The molecule has 2 amide bonds. The molecule has 1 aliphatic rings. The molecule has 0 saturated heterocycles. The van der Waals surface area contributed by atoms with Crippen molar-refractivity contribution < 1.29 is 14.3 Å². The van der Waals surface area contributed by atoms with E-state index < -0.39 is 0 Å². The Bertz CT molecular complexity index is 596. The predicted molar refractivity (Wildman–Crippen MR) is 96.9 cm³/mol. The van der Waals surface area contributed by atoms with E-state index in [4.69, 9.17) is 4.74 Å². The van der Waals surface area contributed by atoms with E-state index in [2.05, 4.69) is 15.6 Å². The summed E-state index contributed by atoms with van der Waals surface area (Å²) in [5.41, 5.74) is 1.01. The maximum Gasteiger partial charge on any atom is 0.261 e. The van der Waals surface area contributed by atoms with Gasteiger partial charge in [0.05, 0.1) is 17.7 Å². The second-order valence-corrected chi connectivity index (χ2v) is 5.64. The van der Waals surface area contributed by atoms with Gasteiger partial charge in [-0.2, -0.15) is 0 Å². The highest BCUT2D eigenvalue weighted by molar-refractivity contribution is 6.21. The van der Waals surface area contributed by atoms with Crippen molar-refractivity contribution in [3.8, 4) is 0 Å². The van der Waals surface area contributed by atoms with Gasteiger partial charge < -0.3 is 15.4 Å². The van der Waals surface area contributed by atoms with Crippen molar-refractivity contribution in [3.63, 3.8) is 0 Å². The van der Waals surface area contributed by atoms with Crippen molar-refractivity contribution in [2.75, 3.05) is 39.9 Å². The number of aliphatic imine (C=N–C) groups is 1. The Balaban J connectivity index is 1.67. The number of rotatable bonds is 9. The van der Waals surface area contributed by atoms with Crippen LogP contribution in [0.5, 0.6) is 0 Å². The van der Waals surface area contributed by atoms with Crippen LogP contribution in [0.25, 0.3) is 0 Å². The Morgan fingerprint density at radius 2 is 1.72 bits per heavy atom. The first-order valence-electron chi connectivity index (χ1n) is 8.66. The third kappa shape index (κ3) is 5.03. The molecule has 1 aliphatic heterocycles. The van der Waals surface area contributed by atoms with Gasteiger partial charge in [-0.1, -0.05) is 12.1 Å². The molecule has 0 unspecified atom stereocenters. The molecule has 0 aromatic heterocycles. The molecule has 7 heteroatoms. The fourth-order valence-corrected chi connectivity index (χ4v) is 2.65. The van der Waals surface area contributed by atoms with Crippen LogP contribution >= 0.6 is 0 Å². The summed E-state index contributed by atoms with van der Waals surface area (Å²) in [5.74, 6) is 0.337. The molecule has 0 spiro atoms. The molecule has 25 heavy (non-hydrogen) atoms. The minimum Gasteiger partial charge on any atom is -0.380 e. The van der Waals surface area contributed by atoms with Crippen LogP contribution in [0.1, 0.15) is 40.5 Å². The Morgan fingerprint density at radius 1 is 1.08 bits per heavy atom. The van der Waals surface area contributed by atoms with Crippen LogP contribution in [0.15, 0.2) is 29.3 Å². The number of amides is 2. The van der Waals surface area contributed by atoms with E-state index in [0.29, 0.717) is 37.4 Å². The molecule has 0 bridgehead atoms. The molecule has 0 saturated carbocycles. The third-order valence-electron chi connectivity index (χ3n) is 3.95. The second-order valence-electron chi connectivity index (χ2n) is 5.64. The number of benzene rings is 1. The summed E-state index contributed by atoms with van der Waals surface area (Å²) < 4.78 is 5.26. The fraction of sp³-hybridized carbons (Fsp3) is 0.500. The summed E-state index contributed by atoms with van der Waals surface area (Å²) in [4.78, 5) is 30.0. The van der Waals surface area contributed by atoms with Crippen LogP contribution in [0.4, 0.5) is 0 Å². The molecule has 2 N–H and O–H groups in total. The molecule has 0 atom stereocenters. The number of carbonyl (C=O) groups excluding carboxylic acids is 2. The number of carbonyl (C=O) groups is 2. The average molecular weight is 346 g/mol. The highest BCUT2D eigenvalue weighted by Gasteiger charge is 2.34. The third-order valence-corrected chi connectivity index (χ3v) is 3.95. The molecule has 0 aliphatic carbocycles. The first kappa shape index (κ1) is 18.9. The van der Waals surface area contributed by atoms with Gasteiger partial charge in [0.1, 0.15) is 0 Å². The molecule has 1 aromatic carbocycles. The van der Waals surface area contributed by atoms with Gasteiger partial charge in [-0.05, 0) is 31.9 Å². The van der Waals surface area contributed by atoms with E-state index in [-0.39, 0.29) is 11.8 Å². The second kappa shape index (κ2) is 9.78. The number of nitrogens with zero attached hydrogens (tertiary/aromatic N) is 2. The maximum atomic E-state index is 12.2. The van der Waals surface area contributed by atoms with Crippen LogP contribution in [-0.4, -0.2) is 62.6 Å². The van der Waals surface area contributed by atoms with E-state index in [1.165, 1.54) is 4.90 Å². The molecule has 7 nitrogen and oxygen atoms in total. The van der Waals surface area contributed by atoms with Crippen molar-refractivity contribution >= 4 is 17.8 Å². The van der Waals surface area contributed by atoms with E-state index in [1.54, 1.807) is 31.3 Å². The van der Waals surface area contributed by atoms with Crippen LogP contribution < -0.4 is 10.6 Å². The topological polar surface area (TPSA) is 83.0 Å². The first-order valence-corrected chi connectivity index (χ1v) is 8.66. The highest BCUT2D eigenvalue weighted by atomic mass is 16.5. The number of fused-ring (bicyclic) bond motifs is 1. The van der Waals surface area contributed by atoms with Crippen molar-refractivity contribution in [3.05, 3.63) is 35.4 Å². The predicted octanol–water partition coefficient (Wildman–Crippen LogP) is 1.26. The van der Waals surface area contributed by atoms with Gasteiger partial charge in [0.25, 0.3) is 11.8 Å². The van der Waals surface area contributed by atoms with Gasteiger partial charge in [0.2, 0.25) is 0 Å². The SMILES string of the molecule is CCOCCNC(=NC)NCCCCN1C(=O)c2ccccc2C1=O. The largest absolute Gasteiger partial charge is 0.380 e. The minimum absolute atomic E-state index is 0.193. The van der Waals surface area contributed by atoms with Crippen molar-refractivity contribution in [2.45, 2.75) is 19.8 Å². The number of unbranched alkanes of at least 4 members (excludes halogenated alkanes) is 1. The summed E-state index contributed by atoms with van der Waals surface area (Å²) in [6.45, 7) is 5.15. The van der Waals surface area contributed by atoms with Gasteiger partial charge >= 0.3 is 0 Å². The molecular weight excluding hydrogens is 320 g/mol. The quantitative estimate of drug-likeness (QED) is 0.304. The Labute approximate surface area is 148 Å². The smallest absolute Gasteiger partial charge is 0.261 e. The van der Waals surface area contributed by atoms with E-state index in [1.807, 2.05) is 6.92 Å². The zero-order valence-corrected chi connectivity index (χ0v) is 14.9. The average Bonchev–Trinajstić information content (AvgIpc) is 2.88. The van der Waals surface area contributed by atoms with Gasteiger partial charge in [-0.3, -0.25) is 19.5 Å². The lowest BCUT2D eigenvalue weighted by molar-refractivity contribution is 0.0652. The zero-order valence-electron chi connectivity index (χ0n) is 14.9. The molecule has 0 fully saturated rings. The Kier molecular flexibility index (Phi) is 7.40.